The molecule has 0 N–H and O–H groups in total. The summed E-state index contributed by atoms with van der Waals surface area (Å²) in [5, 5.41) is 0. The van der Waals surface area contributed by atoms with Crippen LogP contribution in [0.1, 0.15) is 106 Å². The van der Waals surface area contributed by atoms with Crippen LogP contribution >= 0.6 is 0 Å². The Morgan fingerprint density at radius 2 is 1.78 bits per heavy atom. The van der Waals surface area contributed by atoms with E-state index in [1.807, 2.05) is 0 Å². The van der Waals surface area contributed by atoms with Crippen molar-refractivity contribution in [3.8, 4) is 0 Å². The van der Waals surface area contributed by atoms with Gasteiger partial charge in [0.1, 0.15) is 6.10 Å². The van der Waals surface area contributed by atoms with E-state index in [2.05, 4.69) is 53.7 Å². The second-order valence-electron chi connectivity index (χ2n) is 13.3. The van der Waals surface area contributed by atoms with Crippen LogP contribution in [0.25, 0.3) is 0 Å². The molecule has 32 heavy (non-hydrogen) atoms. The van der Waals surface area contributed by atoms with E-state index < -0.39 is 0 Å². The van der Waals surface area contributed by atoms with Gasteiger partial charge in [-0.1, -0.05) is 66.5 Å². The number of hydrogen-bond acceptors (Lipinski definition) is 2. The lowest BCUT2D eigenvalue weighted by molar-refractivity contribution is -0.154. The minimum Gasteiger partial charge on any atom is -0.463 e. The van der Waals surface area contributed by atoms with Crippen molar-refractivity contribution in [2.75, 3.05) is 0 Å². The van der Waals surface area contributed by atoms with Gasteiger partial charge in [0.25, 0.3) is 0 Å². The summed E-state index contributed by atoms with van der Waals surface area (Å²) in [6.07, 6.45) is 17.3. The lowest BCUT2D eigenvalue weighted by Gasteiger charge is -2.59. The molecule has 4 aliphatic carbocycles. The quantitative estimate of drug-likeness (QED) is 0.307. The van der Waals surface area contributed by atoms with Crippen LogP contribution in [0.15, 0.2) is 12.2 Å². The SMILES string of the molecule is CC(=O)O[C@@H]1CC[C@@]2(C)[C@@H](CC[C@H]3[C@@H]4CC[C@H]([C@H](C)CC[C@H](C)C(C)C)[C@@]4(C)C=C[C@@H]32)C1. The van der Waals surface area contributed by atoms with E-state index in [0.717, 1.165) is 54.3 Å². The number of fused-ring (bicyclic) bond motifs is 5. The molecule has 0 aromatic heterocycles. The molecule has 10 atom stereocenters. The molecule has 182 valence electrons. The first-order chi connectivity index (χ1) is 15.1. The number of allylic oxidation sites excluding steroid dienone is 2. The van der Waals surface area contributed by atoms with Crippen molar-refractivity contribution >= 4 is 5.97 Å². The summed E-state index contributed by atoms with van der Waals surface area (Å²) in [4.78, 5) is 11.5. The van der Waals surface area contributed by atoms with Crippen LogP contribution in [0.5, 0.6) is 0 Å². The third-order valence-electron chi connectivity index (χ3n) is 11.4. The number of carbonyl (C=O) groups is 1. The summed E-state index contributed by atoms with van der Waals surface area (Å²) in [5.74, 6) is 6.40. The van der Waals surface area contributed by atoms with E-state index in [9.17, 15) is 4.79 Å². The van der Waals surface area contributed by atoms with Gasteiger partial charge >= 0.3 is 5.97 Å². The molecule has 0 aliphatic heterocycles. The normalized spacial score (nSPS) is 45.0. The molecule has 3 fully saturated rings. The molecule has 0 saturated heterocycles. The second kappa shape index (κ2) is 9.10. The first-order valence-corrected chi connectivity index (χ1v) is 13.9. The lowest BCUT2D eigenvalue weighted by Crippen LogP contribution is -2.52. The van der Waals surface area contributed by atoms with Crippen molar-refractivity contribution < 1.29 is 9.53 Å². The van der Waals surface area contributed by atoms with E-state index in [1.54, 1.807) is 6.92 Å². The van der Waals surface area contributed by atoms with Crippen molar-refractivity contribution in [3.05, 3.63) is 12.2 Å². The summed E-state index contributed by atoms with van der Waals surface area (Å²) >= 11 is 0. The molecule has 0 bridgehead atoms. The first kappa shape index (κ1) is 24.3. The van der Waals surface area contributed by atoms with Crippen molar-refractivity contribution in [1.29, 1.82) is 0 Å². The molecule has 0 amide bonds. The molecule has 0 spiro atoms. The van der Waals surface area contributed by atoms with Gasteiger partial charge in [-0.2, -0.15) is 0 Å². The molecule has 0 heterocycles. The summed E-state index contributed by atoms with van der Waals surface area (Å²) in [7, 11) is 0. The van der Waals surface area contributed by atoms with Gasteiger partial charge in [0.05, 0.1) is 0 Å². The fraction of sp³-hybridized carbons (Fsp3) is 0.900. The van der Waals surface area contributed by atoms with Gasteiger partial charge in [-0.05, 0) is 103 Å². The summed E-state index contributed by atoms with van der Waals surface area (Å²) in [5.41, 5.74) is 0.799. The van der Waals surface area contributed by atoms with Crippen molar-refractivity contribution in [3.63, 3.8) is 0 Å². The van der Waals surface area contributed by atoms with Gasteiger partial charge in [-0.3, -0.25) is 4.79 Å². The van der Waals surface area contributed by atoms with Crippen molar-refractivity contribution in [1.82, 2.24) is 0 Å². The zero-order chi connectivity index (χ0) is 23.3. The topological polar surface area (TPSA) is 26.3 Å². The smallest absolute Gasteiger partial charge is 0.302 e. The van der Waals surface area contributed by atoms with Crippen molar-refractivity contribution in [2.45, 2.75) is 112 Å². The van der Waals surface area contributed by atoms with E-state index in [-0.39, 0.29) is 12.1 Å². The van der Waals surface area contributed by atoms with Crippen LogP contribution in [-0.2, 0) is 9.53 Å². The highest BCUT2D eigenvalue weighted by Gasteiger charge is 2.59. The molecule has 0 radical (unpaired) electrons. The number of carbonyl (C=O) groups excluding carboxylic acids is 1. The predicted molar refractivity (Wildman–Crippen MR) is 133 cm³/mol. The van der Waals surface area contributed by atoms with E-state index >= 15 is 0 Å². The highest BCUT2D eigenvalue weighted by Crippen LogP contribution is 2.66. The predicted octanol–water partition coefficient (Wildman–Crippen LogP) is 8.06. The summed E-state index contributed by atoms with van der Waals surface area (Å²) in [6, 6.07) is 0. The first-order valence-electron chi connectivity index (χ1n) is 13.9. The number of rotatable bonds is 6. The minimum absolute atomic E-state index is 0.102. The van der Waals surface area contributed by atoms with Crippen LogP contribution in [0.4, 0.5) is 0 Å². The molecule has 0 aromatic carbocycles. The van der Waals surface area contributed by atoms with Gasteiger partial charge in [-0.15, -0.1) is 0 Å². The Morgan fingerprint density at radius 3 is 2.47 bits per heavy atom. The molecule has 0 unspecified atom stereocenters. The highest BCUT2D eigenvalue weighted by atomic mass is 16.5. The van der Waals surface area contributed by atoms with Crippen LogP contribution in [0.3, 0.4) is 0 Å². The maximum absolute atomic E-state index is 11.5. The van der Waals surface area contributed by atoms with Gasteiger partial charge in [-0.25, -0.2) is 0 Å². The van der Waals surface area contributed by atoms with Gasteiger partial charge in [0.2, 0.25) is 0 Å². The molecule has 4 rings (SSSR count). The van der Waals surface area contributed by atoms with Gasteiger partial charge in [0, 0.05) is 6.92 Å². The van der Waals surface area contributed by atoms with Crippen LogP contribution in [-0.4, -0.2) is 12.1 Å². The summed E-state index contributed by atoms with van der Waals surface area (Å²) in [6.45, 7) is 16.5. The number of esters is 1. The van der Waals surface area contributed by atoms with E-state index in [4.69, 9.17) is 4.74 Å². The molecular weight excluding hydrogens is 392 g/mol. The Bertz CT molecular complexity index is 710. The van der Waals surface area contributed by atoms with Gasteiger partial charge < -0.3 is 4.74 Å². The molecular formula is C30H50O2. The average molecular weight is 443 g/mol. The zero-order valence-corrected chi connectivity index (χ0v) is 22.0. The standard InChI is InChI=1S/C30H50O2/c1-19(2)20(3)8-9-21(4)26-12-13-27-25-11-10-23-18-24(32-22(5)31)14-16-29(23,6)28(25)15-17-30(26,27)7/h15,17,19-21,23-28H,8-14,16,18H2,1-7H3/t20-,21+,23-,24+,25-,26+,27-,28-,29-,30+/m0/s1. The monoisotopic (exact) mass is 442 g/mol. The van der Waals surface area contributed by atoms with Crippen LogP contribution in [0, 0.1) is 58.2 Å². The molecule has 0 aromatic rings. The third-order valence-corrected chi connectivity index (χ3v) is 11.4. The lowest BCUT2D eigenvalue weighted by atomic mass is 9.46. The highest BCUT2D eigenvalue weighted by molar-refractivity contribution is 5.66. The zero-order valence-electron chi connectivity index (χ0n) is 22.0. The Kier molecular flexibility index (Phi) is 6.92. The van der Waals surface area contributed by atoms with Crippen LogP contribution < -0.4 is 0 Å². The third kappa shape index (κ3) is 4.22. The largest absolute Gasteiger partial charge is 0.463 e. The fourth-order valence-corrected chi connectivity index (χ4v) is 8.93. The molecule has 3 saturated carbocycles. The average Bonchev–Trinajstić information content (AvgIpc) is 3.08. The molecule has 2 nitrogen and oxygen atoms in total. The van der Waals surface area contributed by atoms with E-state index in [0.29, 0.717) is 16.7 Å². The summed E-state index contributed by atoms with van der Waals surface area (Å²) < 4.78 is 5.64. The van der Waals surface area contributed by atoms with Gasteiger partial charge in [0.15, 0.2) is 0 Å². The second-order valence-corrected chi connectivity index (χ2v) is 13.3. The molecule has 4 aliphatic rings. The Balaban J connectivity index is 1.48. The van der Waals surface area contributed by atoms with Crippen LogP contribution in [0.2, 0.25) is 0 Å². The number of hydrogen-bond donors (Lipinski definition) is 0. The van der Waals surface area contributed by atoms with E-state index in [1.165, 1.54) is 44.9 Å². The minimum atomic E-state index is -0.102. The molecule has 2 heteroatoms. The Hall–Kier alpha value is -0.790. The number of ether oxygens (including phenoxy) is 1. The fourth-order valence-electron chi connectivity index (χ4n) is 8.93. The Morgan fingerprint density at radius 1 is 1.03 bits per heavy atom. The maximum Gasteiger partial charge on any atom is 0.302 e. The Labute approximate surface area is 198 Å². The maximum atomic E-state index is 11.5. The van der Waals surface area contributed by atoms with Crippen molar-refractivity contribution in [2.24, 2.45) is 58.2 Å².